The zero-order valence-electron chi connectivity index (χ0n) is 17.1. The van der Waals surface area contributed by atoms with Gasteiger partial charge in [0.2, 0.25) is 0 Å². The second kappa shape index (κ2) is 8.22. The molecular formula is C21H35NO3. The highest BCUT2D eigenvalue weighted by Crippen LogP contribution is 2.36. The Labute approximate surface area is 153 Å². The highest BCUT2D eigenvalue weighted by molar-refractivity contribution is 5.68. The smallest absolute Gasteiger partial charge is 0.407 e. The highest BCUT2D eigenvalue weighted by Gasteiger charge is 2.37. The molecule has 0 saturated carbocycles. The van der Waals surface area contributed by atoms with Gasteiger partial charge in [-0.3, -0.25) is 0 Å². The van der Waals surface area contributed by atoms with Crippen molar-refractivity contribution in [3.63, 3.8) is 0 Å². The van der Waals surface area contributed by atoms with E-state index in [4.69, 9.17) is 9.47 Å². The van der Waals surface area contributed by atoms with E-state index >= 15 is 0 Å². The maximum absolute atomic E-state index is 12.1. The molecule has 142 valence electrons. The van der Waals surface area contributed by atoms with Crippen LogP contribution in [-0.2, 0) is 16.1 Å². The predicted octanol–water partition coefficient (Wildman–Crippen LogP) is 5.17. The molecule has 1 N–H and O–H groups in total. The number of alkyl carbamates (subject to hydrolysis) is 1. The number of benzene rings is 1. The van der Waals surface area contributed by atoms with Crippen molar-refractivity contribution in [2.75, 3.05) is 6.61 Å². The number of carbonyl (C=O) groups is 1. The van der Waals surface area contributed by atoms with Crippen LogP contribution in [0.25, 0.3) is 0 Å². The number of nitrogens with one attached hydrogen (secondary N) is 1. The third-order valence-corrected chi connectivity index (χ3v) is 3.84. The van der Waals surface area contributed by atoms with Crippen LogP contribution in [0.2, 0.25) is 0 Å². The molecule has 0 aromatic heterocycles. The first-order chi connectivity index (χ1) is 11.3. The first-order valence-corrected chi connectivity index (χ1v) is 8.92. The molecule has 0 fully saturated rings. The minimum absolute atomic E-state index is 0.0160. The van der Waals surface area contributed by atoms with E-state index in [2.05, 4.69) is 46.9 Å². The zero-order chi connectivity index (χ0) is 19.3. The molecule has 25 heavy (non-hydrogen) atoms. The van der Waals surface area contributed by atoms with Gasteiger partial charge in [0.1, 0.15) is 6.61 Å². The van der Waals surface area contributed by atoms with Crippen molar-refractivity contribution in [2.24, 2.45) is 10.8 Å². The summed E-state index contributed by atoms with van der Waals surface area (Å²) in [5, 5.41) is 2.90. The van der Waals surface area contributed by atoms with Crippen molar-refractivity contribution >= 4 is 6.09 Å². The normalized spacial score (nSPS) is 13.0. The van der Waals surface area contributed by atoms with E-state index in [1.807, 2.05) is 44.2 Å². The van der Waals surface area contributed by atoms with Gasteiger partial charge in [-0.1, -0.05) is 71.9 Å². The number of hydrogen-bond acceptors (Lipinski definition) is 3. The summed E-state index contributed by atoms with van der Waals surface area (Å²) in [6.45, 7) is 17.6. The molecule has 0 heterocycles. The Morgan fingerprint density at radius 1 is 0.960 bits per heavy atom. The topological polar surface area (TPSA) is 47.6 Å². The van der Waals surface area contributed by atoms with Crippen LogP contribution in [-0.4, -0.2) is 24.3 Å². The lowest BCUT2D eigenvalue weighted by molar-refractivity contribution is -0.0959. The standard InChI is InChI=1S/C21H35NO3/c1-19(2,3)17(20(4,5)6)25-15-21(7,8)22-18(23)24-14-16-12-10-9-11-13-16/h9-13,17H,14-15H2,1-8H3,(H,22,23). The van der Waals surface area contributed by atoms with E-state index in [0.29, 0.717) is 6.61 Å². The Balaban J connectivity index is 2.55. The van der Waals surface area contributed by atoms with Gasteiger partial charge in [0.25, 0.3) is 0 Å². The molecule has 1 rings (SSSR count). The van der Waals surface area contributed by atoms with Crippen molar-refractivity contribution in [1.29, 1.82) is 0 Å². The van der Waals surface area contributed by atoms with E-state index < -0.39 is 11.6 Å². The van der Waals surface area contributed by atoms with Crippen LogP contribution in [0.4, 0.5) is 4.79 Å². The van der Waals surface area contributed by atoms with E-state index in [1.165, 1.54) is 0 Å². The molecule has 0 aliphatic rings. The van der Waals surface area contributed by atoms with E-state index in [9.17, 15) is 4.79 Å². The third-order valence-electron chi connectivity index (χ3n) is 3.84. The maximum atomic E-state index is 12.1. The summed E-state index contributed by atoms with van der Waals surface area (Å²) in [6, 6.07) is 9.64. The average Bonchev–Trinajstić information content (AvgIpc) is 2.42. The SMILES string of the molecule is CC(C)(COC(C(C)(C)C)C(C)(C)C)NC(=O)OCc1ccccc1. The Morgan fingerprint density at radius 2 is 1.48 bits per heavy atom. The molecule has 0 bridgehead atoms. The number of ether oxygens (including phenoxy) is 2. The minimum Gasteiger partial charge on any atom is -0.445 e. The van der Waals surface area contributed by atoms with Gasteiger partial charge in [-0.15, -0.1) is 0 Å². The molecule has 4 heteroatoms. The first-order valence-electron chi connectivity index (χ1n) is 8.92. The van der Waals surface area contributed by atoms with Gasteiger partial charge >= 0.3 is 6.09 Å². The minimum atomic E-state index is -0.511. The molecule has 0 aliphatic carbocycles. The lowest BCUT2D eigenvalue weighted by Gasteiger charge is -2.42. The lowest BCUT2D eigenvalue weighted by Crippen LogP contribution is -2.50. The summed E-state index contributed by atoms with van der Waals surface area (Å²) in [5.41, 5.74) is 0.486. The van der Waals surface area contributed by atoms with Crippen LogP contribution in [0.1, 0.15) is 61.0 Å². The van der Waals surface area contributed by atoms with E-state index in [0.717, 1.165) is 5.56 Å². The van der Waals surface area contributed by atoms with Gasteiger partial charge in [-0.2, -0.15) is 0 Å². The fourth-order valence-electron chi connectivity index (χ4n) is 3.16. The molecule has 0 aliphatic heterocycles. The predicted molar refractivity (Wildman–Crippen MR) is 102 cm³/mol. The summed E-state index contributed by atoms with van der Waals surface area (Å²) < 4.78 is 11.5. The molecule has 1 aromatic carbocycles. The van der Waals surface area contributed by atoms with Crippen molar-refractivity contribution in [1.82, 2.24) is 5.32 Å². The summed E-state index contributed by atoms with van der Waals surface area (Å²) in [4.78, 5) is 12.1. The van der Waals surface area contributed by atoms with Crippen LogP contribution in [0.15, 0.2) is 30.3 Å². The number of rotatable bonds is 6. The second-order valence-corrected chi connectivity index (χ2v) is 9.49. The van der Waals surface area contributed by atoms with Crippen molar-refractivity contribution in [3.8, 4) is 0 Å². The van der Waals surface area contributed by atoms with Gasteiger partial charge in [-0.25, -0.2) is 4.79 Å². The number of carbonyl (C=O) groups excluding carboxylic acids is 1. The largest absolute Gasteiger partial charge is 0.445 e. The van der Waals surface area contributed by atoms with Gasteiger partial charge in [0.15, 0.2) is 0 Å². The lowest BCUT2D eigenvalue weighted by atomic mass is 9.74. The maximum Gasteiger partial charge on any atom is 0.407 e. The van der Waals surface area contributed by atoms with Crippen LogP contribution < -0.4 is 5.32 Å². The fourth-order valence-corrected chi connectivity index (χ4v) is 3.16. The molecule has 0 unspecified atom stereocenters. The number of hydrogen-bond donors (Lipinski definition) is 1. The fraction of sp³-hybridized carbons (Fsp3) is 0.667. The van der Waals surface area contributed by atoms with Crippen LogP contribution in [0.5, 0.6) is 0 Å². The van der Waals surface area contributed by atoms with Gasteiger partial charge in [-0.05, 0) is 30.2 Å². The van der Waals surface area contributed by atoms with Crippen molar-refractivity contribution in [3.05, 3.63) is 35.9 Å². The average molecular weight is 350 g/mol. The molecule has 0 atom stereocenters. The molecule has 1 aromatic rings. The zero-order valence-corrected chi connectivity index (χ0v) is 17.1. The molecule has 1 amide bonds. The molecule has 0 saturated heterocycles. The molecule has 0 spiro atoms. The quantitative estimate of drug-likeness (QED) is 0.771. The van der Waals surface area contributed by atoms with Crippen LogP contribution in [0.3, 0.4) is 0 Å². The second-order valence-electron chi connectivity index (χ2n) is 9.49. The van der Waals surface area contributed by atoms with E-state index in [-0.39, 0.29) is 23.5 Å². The Morgan fingerprint density at radius 3 is 1.96 bits per heavy atom. The first kappa shape index (κ1) is 21.5. The van der Waals surface area contributed by atoms with Crippen molar-refractivity contribution < 1.29 is 14.3 Å². The van der Waals surface area contributed by atoms with Crippen LogP contribution in [0, 0.1) is 10.8 Å². The summed E-state index contributed by atoms with van der Waals surface area (Å²) in [7, 11) is 0. The van der Waals surface area contributed by atoms with Gasteiger partial charge < -0.3 is 14.8 Å². The van der Waals surface area contributed by atoms with Crippen LogP contribution >= 0.6 is 0 Å². The molecule has 4 nitrogen and oxygen atoms in total. The Bertz CT molecular complexity index is 524. The summed E-state index contributed by atoms with van der Waals surface area (Å²) >= 11 is 0. The Kier molecular flexibility index (Phi) is 7.07. The molecule has 0 radical (unpaired) electrons. The van der Waals surface area contributed by atoms with Crippen molar-refractivity contribution in [2.45, 2.75) is 73.6 Å². The van der Waals surface area contributed by atoms with Gasteiger partial charge in [0, 0.05) is 0 Å². The summed E-state index contributed by atoms with van der Waals surface area (Å²) in [6.07, 6.45) is -0.359. The molecular weight excluding hydrogens is 314 g/mol. The monoisotopic (exact) mass is 349 g/mol. The highest BCUT2D eigenvalue weighted by atomic mass is 16.5. The van der Waals surface area contributed by atoms with E-state index in [1.54, 1.807) is 0 Å². The Hall–Kier alpha value is -1.55. The number of amides is 1. The van der Waals surface area contributed by atoms with Gasteiger partial charge in [0.05, 0.1) is 18.2 Å². The summed E-state index contributed by atoms with van der Waals surface area (Å²) in [5.74, 6) is 0. The third kappa shape index (κ3) is 7.91.